The Morgan fingerprint density at radius 2 is 1.69 bits per heavy atom. The number of sulfonamides is 1. The molecule has 8 rings (SSSR count). The van der Waals surface area contributed by atoms with Gasteiger partial charge in [0.05, 0.1) is 43.7 Å². The molecular formula is C46H57ClN10O7S. The Morgan fingerprint density at radius 3 is 2.38 bits per heavy atom. The highest BCUT2D eigenvalue weighted by Gasteiger charge is 2.39. The summed E-state index contributed by atoms with van der Waals surface area (Å²) in [7, 11) is 1.04. The molecule has 0 saturated carbocycles. The number of imide groups is 1. The maximum absolute atomic E-state index is 13.1. The first-order chi connectivity index (χ1) is 31.2. The molecule has 3 fully saturated rings. The predicted octanol–water partition coefficient (Wildman–Crippen LogP) is 5.18. The van der Waals surface area contributed by atoms with E-state index in [4.69, 9.17) is 21.1 Å². The zero-order valence-electron chi connectivity index (χ0n) is 37.5. The highest BCUT2D eigenvalue weighted by molar-refractivity contribution is 7.92. The molecule has 19 heteroatoms. The zero-order valence-corrected chi connectivity index (χ0v) is 39.1. The van der Waals surface area contributed by atoms with E-state index in [9.17, 15) is 22.8 Å². The number of ether oxygens (including phenoxy) is 2. The summed E-state index contributed by atoms with van der Waals surface area (Å²) in [4.78, 5) is 55.6. The van der Waals surface area contributed by atoms with E-state index in [1.807, 2.05) is 12.1 Å². The normalized spacial score (nSPS) is 18.7. The number of rotatable bonds is 15. The number of nitrogens with one attached hydrogen (secondary N) is 3. The van der Waals surface area contributed by atoms with Crippen LogP contribution in [0.2, 0.25) is 5.02 Å². The van der Waals surface area contributed by atoms with Crippen LogP contribution in [0.5, 0.6) is 11.5 Å². The highest BCUT2D eigenvalue weighted by Crippen LogP contribution is 2.39. The zero-order chi connectivity index (χ0) is 46.0. The first kappa shape index (κ1) is 45.9. The molecule has 0 spiro atoms. The molecule has 3 aromatic carbocycles. The van der Waals surface area contributed by atoms with Gasteiger partial charge in [-0.1, -0.05) is 30.7 Å². The first-order valence-electron chi connectivity index (χ1n) is 22.1. The third kappa shape index (κ3) is 10.1. The topological polar surface area (TPSA) is 182 Å². The summed E-state index contributed by atoms with van der Waals surface area (Å²) in [5.74, 6) is 0.893. The van der Waals surface area contributed by atoms with E-state index < -0.39 is 16.1 Å². The smallest absolute Gasteiger partial charge is 0.255 e. The number of hydrogen-bond acceptors (Lipinski definition) is 14. The van der Waals surface area contributed by atoms with E-state index >= 15 is 0 Å². The average molecular weight is 930 g/mol. The van der Waals surface area contributed by atoms with Crippen LogP contribution < -0.4 is 34.6 Å². The number of carbonyl (C=O) groups is 3. The van der Waals surface area contributed by atoms with E-state index in [0.29, 0.717) is 53.1 Å². The molecule has 5 heterocycles. The van der Waals surface area contributed by atoms with Crippen molar-refractivity contribution in [1.29, 1.82) is 0 Å². The Kier molecular flexibility index (Phi) is 13.7. The van der Waals surface area contributed by atoms with Crippen molar-refractivity contribution >= 4 is 73.9 Å². The summed E-state index contributed by atoms with van der Waals surface area (Å²) in [6.45, 7) is 9.44. The second-order valence-corrected chi connectivity index (χ2v) is 19.4. The second kappa shape index (κ2) is 19.4. The van der Waals surface area contributed by atoms with Crippen molar-refractivity contribution in [2.75, 3.05) is 93.2 Å². The molecule has 3 saturated heterocycles. The van der Waals surface area contributed by atoms with Gasteiger partial charge in [0.15, 0.2) is 5.82 Å². The van der Waals surface area contributed by atoms with Gasteiger partial charge in [-0.25, -0.2) is 13.4 Å². The number of aryl methyl sites for hydroxylation is 1. The van der Waals surface area contributed by atoms with Gasteiger partial charge in [0.2, 0.25) is 27.8 Å². The fraction of sp³-hybridized carbons (Fsp3) is 0.457. The average Bonchev–Trinajstić information content (AvgIpc) is 3.63. The van der Waals surface area contributed by atoms with Gasteiger partial charge in [0.25, 0.3) is 5.91 Å². The minimum absolute atomic E-state index is 0.139. The van der Waals surface area contributed by atoms with Gasteiger partial charge in [-0.2, -0.15) is 4.98 Å². The Labute approximate surface area is 385 Å². The number of carbonyl (C=O) groups excluding carboxylic acids is 3. The molecule has 0 radical (unpaired) electrons. The number of benzene rings is 3. The Morgan fingerprint density at radius 1 is 0.923 bits per heavy atom. The number of hydrogen-bond donors (Lipinski definition) is 3. The molecule has 1 aromatic heterocycles. The molecular weight excluding hydrogens is 872 g/mol. The molecule has 346 valence electrons. The van der Waals surface area contributed by atoms with E-state index in [0.717, 1.165) is 93.3 Å². The van der Waals surface area contributed by atoms with Crippen molar-refractivity contribution in [3.63, 3.8) is 0 Å². The summed E-state index contributed by atoms with van der Waals surface area (Å²) in [6.07, 6.45) is 7.05. The van der Waals surface area contributed by atoms with Crippen LogP contribution in [0.3, 0.4) is 0 Å². The molecule has 3 amide bonds. The van der Waals surface area contributed by atoms with Gasteiger partial charge < -0.3 is 34.8 Å². The van der Waals surface area contributed by atoms with Crippen LogP contribution in [0.1, 0.15) is 59.7 Å². The number of halogens is 1. The number of anilines is 6. The van der Waals surface area contributed by atoms with Gasteiger partial charge in [0, 0.05) is 95.3 Å². The lowest BCUT2D eigenvalue weighted by Gasteiger charge is -2.43. The molecule has 0 bridgehead atoms. The maximum atomic E-state index is 13.1. The fourth-order valence-corrected chi connectivity index (χ4v) is 9.95. The van der Waals surface area contributed by atoms with Crippen LogP contribution in [0.25, 0.3) is 0 Å². The summed E-state index contributed by atoms with van der Waals surface area (Å²) in [5.41, 5.74) is 6.63. The van der Waals surface area contributed by atoms with E-state index in [1.165, 1.54) is 31.5 Å². The lowest BCUT2D eigenvalue weighted by Crippen LogP contribution is -2.53. The first-order valence-corrected chi connectivity index (χ1v) is 24.3. The summed E-state index contributed by atoms with van der Waals surface area (Å²) in [6, 6.07) is 15.2. The van der Waals surface area contributed by atoms with Crippen LogP contribution in [-0.4, -0.2) is 136 Å². The van der Waals surface area contributed by atoms with Crippen molar-refractivity contribution in [2.24, 2.45) is 0 Å². The van der Waals surface area contributed by atoms with Crippen LogP contribution in [0, 0.1) is 0 Å². The van der Waals surface area contributed by atoms with Crippen molar-refractivity contribution in [1.82, 2.24) is 30.0 Å². The van der Waals surface area contributed by atoms with Crippen LogP contribution in [0.15, 0.2) is 54.7 Å². The molecule has 3 N–H and O–H groups in total. The number of methoxy groups -OCH3 is 2. The Bertz CT molecular complexity index is 2570. The number of aromatic nitrogens is 2. The minimum atomic E-state index is -3.59. The minimum Gasteiger partial charge on any atom is -0.497 e. The molecule has 17 nitrogen and oxygen atoms in total. The molecule has 1 atom stereocenters. The highest BCUT2D eigenvalue weighted by atomic mass is 35.5. The SMILES string of the molecule is CCc1cc(Nc2ncc(Cl)c(Nc3ccc(OC)cc3N(C)S(C)(=O)=O)n2)c(OC)cc1N1CCC(N2CCN(CCc3ccc4c(c3)CN(C3CCC(=O)NC3=O)C4=O)CC2)CC1. The Hall–Kier alpha value is -5.69. The lowest BCUT2D eigenvalue weighted by atomic mass is 9.99. The molecule has 4 aromatic rings. The van der Waals surface area contributed by atoms with Gasteiger partial charge in [-0.05, 0) is 73.1 Å². The van der Waals surface area contributed by atoms with Gasteiger partial charge in [0.1, 0.15) is 22.6 Å². The largest absolute Gasteiger partial charge is 0.497 e. The van der Waals surface area contributed by atoms with Gasteiger partial charge in [-0.15, -0.1) is 0 Å². The van der Waals surface area contributed by atoms with Crippen molar-refractivity contribution in [2.45, 2.75) is 64.1 Å². The summed E-state index contributed by atoms with van der Waals surface area (Å²) < 4.78 is 37.4. The number of piperidine rings is 2. The Balaban J connectivity index is 0.846. The number of nitrogens with zero attached hydrogens (tertiary/aromatic N) is 7. The lowest BCUT2D eigenvalue weighted by molar-refractivity contribution is -0.136. The monoisotopic (exact) mass is 928 g/mol. The third-order valence-electron chi connectivity index (χ3n) is 13.1. The van der Waals surface area contributed by atoms with E-state index in [2.05, 4.69) is 65.7 Å². The van der Waals surface area contributed by atoms with Crippen LogP contribution in [-0.2, 0) is 39.0 Å². The summed E-state index contributed by atoms with van der Waals surface area (Å²) in [5, 5.41) is 9.13. The fourth-order valence-electron chi connectivity index (χ4n) is 9.30. The second-order valence-electron chi connectivity index (χ2n) is 17.0. The molecule has 65 heavy (non-hydrogen) atoms. The predicted molar refractivity (Wildman–Crippen MR) is 252 cm³/mol. The maximum Gasteiger partial charge on any atom is 0.255 e. The standard InChI is InChI=1S/C46H57ClN10O7S/c1-6-30-24-37(50-46-48-27-35(47)43(52-46)49-36-10-8-33(63-3)25-40(36)53(2)65(5,61)62)41(64-4)26-39(30)56-17-14-32(15-18-56)55-21-19-54(20-22-55)16-13-29-7-9-34-31(23-29)28-57(45(34)60)38-11-12-42(58)51-44(38)59/h7-10,23-27,32,38H,6,11-22,28H2,1-5H3,(H,51,58,59)(H2,48,49,50,52). The van der Waals surface area contributed by atoms with Crippen LogP contribution in [0.4, 0.5) is 34.5 Å². The van der Waals surface area contributed by atoms with Gasteiger partial charge >= 0.3 is 0 Å². The summed E-state index contributed by atoms with van der Waals surface area (Å²) >= 11 is 6.56. The molecule has 1 unspecified atom stereocenters. The van der Waals surface area contributed by atoms with Crippen molar-refractivity contribution in [3.8, 4) is 11.5 Å². The van der Waals surface area contributed by atoms with Crippen molar-refractivity contribution < 1.29 is 32.3 Å². The van der Waals surface area contributed by atoms with Crippen LogP contribution >= 0.6 is 11.6 Å². The third-order valence-corrected chi connectivity index (χ3v) is 14.6. The van der Waals surface area contributed by atoms with E-state index in [-0.39, 0.29) is 40.9 Å². The number of piperazine rings is 1. The van der Waals surface area contributed by atoms with Crippen molar-refractivity contribution in [3.05, 3.63) is 82.0 Å². The molecule has 0 aliphatic carbocycles. The van der Waals surface area contributed by atoms with E-state index in [1.54, 1.807) is 30.2 Å². The molecule has 4 aliphatic rings. The van der Waals surface area contributed by atoms with Gasteiger partial charge in [-0.3, -0.25) is 28.9 Å². The number of fused-ring (bicyclic) bond motifs is 1. The number of amides is 3. The molecule has 4 aliphatic heterocycles. The quantitative estimate of drug-likeness (QED) is 0.133.